The maximum Gasteiger partial charge on any atom is 0.135 e. The minimum atomic E-state index is -0.197. The Morgan fingerprint density at radius 1 is 0.295 bits per heavy atom. The van der Waals surface area contributed by atoms with Crippen LogP contribution in [0.1, 0.15) is 49.9 Å². The second kappa shape index (κ2) is 19.9. The fraction of sp³-hybridized carbons (Fsp3) is 0.0682. The van der Waals surface area contributed by atoms with E-state index >= 15 is 0 Å². The van der Waals surface area contributed by atoms with Crippen molar-refractivity contribution in [2.75, 3.05) is 9.80 Å². The van der Waals surface area contributed by atoms with Crippen LogP contribution >= 0.6 is 11.3 Å². The first-order chi connectivity index (χ1) is 46.6. The second-order valence-electron chi connectivity index (χ2n) is 26.9. The van der Waals surface area contributed by atoms with E-state index < -0.39 is 0 Å². The Hall–Kier alpha value is -11.6. The zero-order chi connectivity index (χ0) is 63.0. The molecule has 0 N–H and O–H groups in total. The van der Waals surface area contributed by atoms with E-state index in [1.165, 1.54) is 97.0 Å². The first-order valence-corrected chi connectivity index (χ1v) is 33.5. The van der Waals surface area contributed by atoms with Crippen molar-refractivity contribution in [1.82, 2.24) is 9.97 Å². The quantitative estimate of drug-likeness (QED) is 0.141. The third kappa shape index (κ3) is 7.97. The number of pyridine rings is 2. The number of aromatic nitrogens is 2. The van der Waals surface area contributed by atoms with Crippen molar-refractivity contribution in [2.45, 2.75) is 38.5 Å². The van der Waals surface area contributed by atoms with Gasteiger partial charge in [0.15, 0.2) is 0 Å². The standard InChI is InChI=1S/C88H58N4O2S/c1-87(2)76-21-9-7-18-63(76)65-32-27-58(45-78(65)87)91(56-29-36-83-73(43-56)71-40-51(24-34-81(71)93-83)53-14-12-38-89-49-53)55-26-31-62-68(42-55)60-16-5-6-17-61(60)69-47-75-67-20-11-23-80(86(67)95-85(75)48-70(62)69)92(59-28-33-66-64-19-8-10-22-77(64)88(3,4)79(66)46-59)57-30-37-84-74(44-57)72-41-52(25-35-82(72)94-84)54-15-13-39-90-50-54/h5-50H,1-4H3. The molecule has 6 nitrogen and oxygen atoms in total. The van der Waals surface area contributed by atoms with E-state index in [1.807, 2.05) is 48.3 Å². The van der Waals surface area contributed by atoms with Crippen LogP contribution in [0.5, 0.6) is 0 Å². The van der Waals surface area contributed by atoms with Crippen molar-refractivity contribution in [2.24, 2.45) is 0 Å². The van der Waals surface area contributed by atoms with Crippen LogP contribution in [0.2, 0.25) is 0 Å². The van der Waals surface area contributed by atoms with Gasteiger partial charge in [-0.15, -0.1) is 11.3 Å². The number of nitrogens with zero attached hydrogens (tertiary/aromatic N) is 4. The predicted octanol–water partition coefficient (Wildman–Crippen LogP) is 25.0. The third-order valence-electron chi connectivity index (χ3n) is 21.0. The Balaban J connectivity index is 0.776. The molecule has 18 aromatic rings. The molecule has 0 amide bonds. The molecule has 5 heterocycles. The van der Waals surface area contributed by atoms with Crippen molar-refractivity contribution >= 4 is 142 Å². The summed E-state index contributed by atoms with van der Waals surface area (Å²) in [5, 5.41) is 14.0. The minimum Gasteiger partial charge on any atom is -0.456 e. The lowest BCUT2D eigenvalue weighted by Crippen LogP contribution is -2.16. The average molecular weight is 1240 g/mol. The Labute approximate surface area is 551 Å². The molecule has 0 spiro atoms. The summed E-state index contributed by atoms with van der Waals surface area (Å²) < 4.78 is 15.7. The van der Waals surface area contributed by atoms with Gasteiger partial charge in [0.25, 0.3) is 0 Å². The fourth-order valence-electron chi connectivity index (χ4n) is 16.3. The molecule has 0 saturated heterocycles. The molecule has 0 saturated carbocycles. The summed E-state index contributed by atoms with van der Waals surface area (Å²) in [5.41, 5.74) is 24.4. The topological polar surface area (TPSA) is 58.5 Å². The maximum atomic E-state index is 6.61. The summed E-state index contributed by atoms with van der Waals surface area (Å²) in [5.74, 6) is 0. The molecule has 0 unspecified atom stereocenters. The highest BCUT2D eigenvalue weighted by Gasteiger charge is 2.38. The van der Waals surface area contributed by atoms with E-state index in [0.29, 0.717) is 0 Å². The molecule has 13 aromatic carbocycles. The molecule has 0 bridgehead atoms. The van der Waals surface area contributed by atoms with E-state index in [1.54, 1.807) is 0 Å². The number of fused-ring (bicyclic) bond motifs is 21. The van der Waals surface area contributed by atoms with E-state index in [0.717, 1.165) is 100 Å². The molecule has 5 aromatic heterocycles. The van der Waals surface area contributed by atoms with Gasteiger partial charge in [-0.05, 0) is 215 Å². The van der Waals surface area contributed by atoms with Gasteiger partial charge in [0, 0.05) is 112 Å². The number of benzene rings is 13. The average Bonchev–Trinajstić information content (AvgIpc) is 1.68. The van der Waals surface area contributed by atoms with Crippen LogP contribution in [0, 0.1) is 0 Å². The molecular weight excluding hydrogens is 1180 g/mol. The zero-order valence-corrected chi connectivity index (χ0v) is 53.4. The van der Waals surface area contributed by atoms with Crippen LogP contribution in [0.25, 0.3) is 141 Å². The minimum absolute atomic E-state index is 0.196. The van der Waals surface area contributed by atoms with Gasteiger partial charge in [0.2, 0.25) is 0 Å². The Morgan fingerprint density at radius 2 is 0.726 bits per heavy atom. The van der Waals surface area contributed by atoms with E-state index in [4.69, 9.17) is 8.83 Å². The highest BCUT2D eigenvalue weighted by molar-refractivity contribution is 7.26. The van der Waals surface area contributed by atoms with Crippen LogP contribution < -0.4 is 9.80 Å². The Kier molecular flexibility index (Phi) is 11.3. The normalized spacial score (nSPS) is 13.6. The number of rotatable bonds is 8. The van der Waals surface area contributed by atoms with Crippen molar-refractivity contribution in [3.8, 4) is 44.5 Å². The molecule has 0 radical (unpaired) electrons. The molecule has 20 rings (SSSR count). The van der Waals surface area contributed by atoms with Gasteiger partial charge >= 0.3 is 0 Å². The number of hydrogen-bond donors (Lipinski definition) is 0. The number of hydrogen-bond acceptors (Lipinski definition) is 7. The first kappa shape index (κ1) is 54.0. The van der Waals surface area contributed by atoms with Gasteiger partial charge in [-0.1, -0.05) is 155 Å². The zero-order valence-electron chi connectivity index (χ0n) is 52.6. The van der Waals surface area contributed by atoms with Gasteiger partial charge in [0.1, 0.15) is 22.3 Å². The van der Waals surface area contributed by atoms with Crippen molar-refractivity contribution < 1.29 is 8.83 Å². The summed E-state index contributed by atoms with van der Waals surface area (Å²) in [6.07, 6.45) is 7.49. The molecule has 7 heteroatoms. The summed E-state index contributed by atoms with van der Waals surface area (Å²) in [4.78, 5) is 13.9. The van der Waals surface area contributed by atoms with Gasteiger partial charge < -0.3 is 18.6 Å². The summed E-state index contributed by atoms with van der Waals surface area (Å²) >= 11 is 1.88. The smallest absolute Gasteiger partial charge is 0.135 e. The maximum absolute atomic E-state index is 6.61. The molecule has 448 valence electrons. The SMILES string of the molecule is CC1(C)c2ccccc2-c2ccc(N(c3ccc4oc5ccc(-c6cccnc6)cc5c4c3)c3ccc4c(c3)c3ccccc3c3cc5c(cc43)sc3c(N(c4ccc6c(c4)C(C)(C)c4ccccc4-6)c4ccc6oc7ccc(-c8cccnc8)cc7c6c4)cccc35)cc21. The Bertz CT molecular complexity index is 6310. The molecular formula is C88H58N4O2S. The number of anilines is 6. The van der Waals surface area contributed by atoms with Crippen molar-refractivity contribution in [3.63, 3.8) is 0 Å². The summed E-state index contributed by atoms with van der Waals surface area (Å²) in [7, 11) is 0. The molecule has 0 fully saturated rings. The van der Waals surface area contributed by atoms with Crippen molar-refractivity contribution in [3.05, 3.63) is 302 Å². The second-order valence-corrected chi connectivity index (χ2v) is 27.9. The Morgan fingerprint density at radius 3 is 1.29 bits per heavy atom. The van der Waals surface area contributed by atoms with Crippen LogP contribution in [0.3, 0.4) is 0 Å². The highest BCUT2D eigenvalue weighted by atomic mass is 32.1. The fourth-order valence-corrected chi connectivity index (χ4v) is 17.5. The first-order valence-electron chi connectivity index (χ1n) is 32.6. The summed E-state index contributed by atoms with van der Waals surface area (Å²) in [6, 6.07) is 94.6. The van der Waals surface area contributed by atoms with Crippen LogP contribution in [0.15, 0.2) is 288 Å². The van der Waals surface area contributed by atoms with Gasteiger partial charge in [-0.2, -0.15) is 0 Å². The molecule has 95 heavy (non-hydrogen) atoms. The lowest BCUT2D eigenvalue weighted by molar-refractivity contribution is 0.660. The third-order valence-corrected chi connectivity index (χ3v) is 22.2. The van der Waals surface area contributed by atoms with Crippen LogP contribution in [-0.4, -0.2) is 9.97 Å². The molecule has 0 aliphatic heterocycles. The van der Waals surface area contributed by atoms with Crippen LogP contribution in [-0.2, 0) is 10.8 Å². The predicted molar refractivity (Wildman–Crippen MR) is 397 cm³/mol. The van der Waals surface area contributed by atoms with E-state index in [-0.39, 0.29) is 10.8 Å². The molecule has 2 aliphatic carbocycles. The lowest BCUT2D eigenvalue weighted by Gasteiger charge is -2.28. The van der Waals surface area contributed by atoms with Gasteiger partial charge in [0.05, 0.1) is 10.4 Å². The van der Waals surface area contributed by atoms with Gasteiger partial charge in [-0.25, -0.2) is 0 Å². The van der Waals surface area contributed by atoms with Crippen molar-refractivity contribution in [1.29, 1.82) is 0 Å². The van der Waals surface area contributed by atoms with E-state index in [9.17, 15) is 0 Å². The van der Waals surface area contributed by atoms with E-state index in [2.05, 4.69) is 290 Å². The lowest BCUT2D eigenvalue weighted by atomic mass is 9.82. The van der Waals surface area contributed by atoms with Crippen LogP contribution in [0.4, 0.5) is 34.1 Å². The van der Waals surface area contributed by atoms with Gasteiger partial charge in [-0.3, -0.25) is 9.97 Å². The monoisotopic (exact) mass is 1230 g/mol. The molecule has 0 atom stereocenters. The highest BCUT2D eigenvalue weighted by Crippen LogP contribution is 2.55. The summed E-state index contributed by atoms with van der Waals surface area (Å²) in [6.45, 7) is 9.47. The number of thiophene rings is 1. The largest absolute Gasteiger partial charge is 0.456 e. The molecule has 2 aliphatic rings. The number of furan rings is 2.